The second-order valence-corrected chi connectivity index (χ2v) is 11.0. The number of rotatable bonds is 5. The van der Waals surface area contributed by atoms with Crippen LogP contribution in [-0.2, 0) is 28.5 Å². The SMILES string of the molecule is CC(=O)N1CCN(C2CCN(c3ccc(F)cc3C)C(C(=O)N(C)Cc3cc(C(F)(F)F)cc(C(F)(F)F)c3)C2)CC1. The van der Waals surface area contributed by atoms with Crippen LogP contribution in [0, 0.1) is 12.7 Å². The van der Waals surface area contributed by atoms with E-state index in [1.165, 1.54) is 26.1 Å². The van der Waals surface area contributed by atoms with Gasteiger partial charge in [0.25, 0.3) is 0 Å². The Bertz CT molecular complexity index is 1270. The highest BCUT2D eigenvalue weighted by Crippen LogP contribution is 2.37. The summed E-state index contributed by atoms with van der Waals surface area (Å²) in [6.07, 6.45) is -8.99. The van der Waals surface area contributed by atoms with Gasteiger partial charge in [-0.05, 0) is 67.3 Å². The van der Waals surface area contributed by atoms with Crippen molar-refractivity contribution in [1.29, 1.82) is 0 Å². The number of halogens is 7. The topological polar surface area (TPSA) is 47.1 Å². The van der Waals surface area contributed by atoms with Crippen LogP contribution >= 0.6 is 0 Å². The summed E-state index contributed by atoms with van der Waals surface area (Å²) in [6, 6.07) is 4.66. The van der Waals surface area contributed by atoms with Gasteiger partial charge in [-0.15, -0.1) is 0 Å². The summed E-state index contributed by atoms with van der Waals surface area (Å²) in [5.74, 6) is -0.939. The average molecular weight is 603 g/mol. The van der Waals surface area contributed by atoms with E-state index < -0.39 is 47.8 Å². The van der Waals surface area contributed by atoms with Crippen LogP contribution in [0.15, 0.2) is 36.4 Å². The summed E-state index contributed by atoms with van der Waals surface area (Å²) in [6.45, 7) is 5.48. The zero-order valence-electron chi connectivity index (χ0n) is 23.5. The van der Waals surface area contributed by atoms with E-state index in [2.05, 4.69) is 4.90 Å². The number of benzene rings is 2. The van der Waals surface area contributed by atoms with Crippen LogP contribution in [-0.4, -0.2) is 78.4 Å². The molecular formula is C29H33F7N4O2. The number of piperazine rings is 1. The summed E-state index contributed by atoms with van der Waals surface area (Å²) in [7, 11) is 1.35. The van der Waals surface area contributed by atoms with Gasteiger partial charge in [-0.3, -0.25) is 14.5 Å². The molecule has 13 heteroatoms. The lowest BCUT2D eigenvalue weighted by atomic mass is 9.92. The van der Waals surface area contributed by atoms with E-state index in [4.69, 9.17) is 0 Å². The summed E-state index contributed by atoms with van der Waals surface area (Å²) in [4.78, 5) is 32.6. The molecule has 2 heterocycles. The van der Waals surface area contributed by atoms with Gasteiger partial charge in [0.2, 0.25) is 11.8 Å². The van der Waals surface area contributed by atoms with E-state index in [9.17, 15) is 40.3 Å². The van der Waals surface area contributed by atoms with Crippen LogP contribution < -0.4 is 4.90 Å². The molecule has 2 atom stereocenters. The zero-order valence-corrected chi connectivity index (χ0v) is 23.5. The van der Waals surface area contributed by atoms with Crippen molar-refractivity contribution in [2.45, 2.75) is 57.7 Å². The van der Waals surface area contributed by atoms with Gasteiger partial charge in [-0.2, -0.15) is 26.3 Å². The maximum Gasteiger partial charge on any atom is 0.416 e. The first kappa shape index (κ1) is 31.6. The molecular weight excluding hydrogens is 569 g/mol. The highest BCUT2D eigenvalue weighted by molar-refractivity contribution is 5.86. The molecule has 2 fully saturated rings. The molecule has 2 aliphatic rings. The molecule has 0 spiro atoms. The smallest absolute Gasteiger partial charge is 0.359 e. The number of hydrogen-bond acceptors (Lipinski definition) is 4. The molecule has 6 nitrogen and oxygen atoms in total. The maximum absolute atomic E-state index is 13.9. The Morgan fingerprint density at radius 3 is 2.02 bits per heavy atom. The van der Waals surface area contributed by atoms with Crippen LogP contribution in [0.3, 0.4) is 0 Å². The monoisotopic (exact) mass is 602 g/mol. The van der Waals surface area contributed by atoms with Gasteiger partial charge < -0.3 is 14.7 Å². The van der Waals surface area contributed by atoms with Gasteiger partial charge in [-0.1, -0.05) is 0 Å². The third-order valence-corrected chi connectivity index (χ3v) is 8.05. The van der Waals surface area contributed by atoms with Crippen molar-refractivity contribution in [3.05, 3.63) is 64.5 Å². The second-order valence-electron chi connectivity index (χ2n) is 11.0. The van der Waals surface area contributed by atoms with Crippen molar-refractivity contribution < 1.29 is 40.3 Å². The molecule has 0 saturated carbocycles. The van der Waals surface area contributed by atoms with E-state index in [1.54, 1.807) is 17.9 Å². The third-order valence-electron chi connectivity index (χ3n) is 8.05. The Hall–Kier alpha value is -3.35. The fourth-order valence-electron chi connectivity index (χ4n) is 5.86. The third kappa shape index (κ3) is 7.16. The van der Waals surface area contributed by atoms with Gasteiger partial charge in [0, 0.05) is 65.0 Å². The lowest BCUT2D eigenvalue weighted by molar-refractivity contribution is -0.143. The van der Waals surface area contributed by atoms with E-state index in [0.717, 1.165) is 4.90 Å². The lowest BCUT2D eigenvalue weighted by Crippen LogP contribution is -2.59. The molecule has 0 N–H and O–H groups in total. The average Bonchev–Trinajstić information content (AvgIpc) is 2.91. The van der Waals surface area contributed by atoms with Crippen molar-refractivity contribution in [1.82, 2.24) is 14.7 Å². The molecule has 42 heavy (non-hydrogen) atoms. The van der Waals surface area contributed by atoms with Crippen molar-refractivity contribution in [2.24, 2.45) is 0 Å². The first-order chi connectivity index (χ1) is 19.5. The van der Waals surface area contributed by atoms with E-state index in [1.807, 2.05) is 4.90 Å². The Labute approximate surface area is 239 Å². The number of anilines is 1. The number of aryl methyl sites for hydroxylation is 1. The van der Waals surface area contributed by atoms with Gasteiger partial charge in [0.15, 0.2) is 0 Å². The molecule has 0 aliphatic carbocycles. The van der Waals surface area contributed by atoms with Gasteiger partial charge >= 0.3 is 12.4 Å². The summed E-state index contributed by atoms with van der Waals surface area (Å²) in [5.41, 5.74) is -1.97. The molecule has 2 aromatic rings. The minimum atomic E-state index is -5.00. The molecule has 0 aromatic heterocycles. The largest absolute Gasteiger partial charge is 0.416 e. The van der Waals surface area contributed by atoms with Gasteiger partial charge in [0.05, 0.1) is 11.1 Å². The number of hydrogen-bond donors (Lipinski definition) is 0. The molecule has 0 bridgehead atoms. The standard InChI is InChI=1S/C29H33F7N4O2/c1-18-12-23(30)4-5-25(18)40-7-6-24(39-10-8-38(9-11-39)19(2)41)16-26(40)27(42)37(3)17-20-13-21(28(31,32)33)15-22(14-20)29(34,35)36/h4-5,12-15,24,26H,6-11,16-17H2,1-3H3. The first-order valence-corrected chi connectivity index (χ1v) is 13.6. The fraction of sp³-hybridized carbons (Fsp3) is 0.517. The van der Waals surface area contributed by atoms with Gasteiger partial charge in [-0.25, -0.2) is 4.39 Å². The van der Waals surface area contributed by atoms with Crippen molar-refractivity contribution in [3.63, 3.8) is 0 Å². The molecule has 2 aliphatic heterocycles. The van der Waals surface area contributed by atoms with Crippen LogP contribution in [0.5, 0.6) is 0 Å². The minimum absolute atomic E-state index is 0.0193. The minimum Gasteiger partial charge on any atom is -0.359 e. The number of alkyl halides is 6. The van der Waals surface area contributed by atoms with E-state index in [-0.39, 0.29) is 23.6 Å². The summed E-state index contributed by atoms with van der Waals surface area (Å²) in [5, 5.41) is 0. The highest BCUT2D eigenvalue weighted by Gasteiger charge is 2.40. The molecule has 2 unspecified atom stereocenters. The fourth-order valence-corrected chi connectivity index (χ4v) is 5.86. The number of amides is 2. The predicted molar refractivity (Wildman–Crippen MR) is 142 cm³/mol. The van der Waals surface area contributed by atoms with Crippen LogP contribution in [0.4, 0.5) is 36.4 Å². The first-order valence-electron chi connectivity index (χ1n) is 13.6. The number of carbonyl (C=O) groups excluding carboxylic acids is 2. The van der Waals surface area contributed by atoms with Crippen molar-refractivity contribution in [2.75, 3.05) is 44.7 Å². The number of likely N-dealkylation sites (N-methyl/N-ethyl adjacent to an activating group) is 1. The predicted octanol–water partition coefficient (Wildman–Crippen LogP) is 5.33. The highest BCUT2D eigenvalue weighted by atomic mass is 19.4. The Morgan fingerprint density at radius 2 is 1.50 bits per heavy atom. The molecule has 2 saturated heterocycles. The van der Waals surface area contributed by atoms with Crippen LogP contribution in [0.25, 0.3) is 0 Å². The van der Waals surface area contributed by atoms with Crippen molar-refractivity contribution >= 4 is 17.5 Å². The van der Waals surface area contributed by atoms with E-state index in [0.29, 0.717) is 68.9 Å². The Kier molecular flexibility index (Phi) is 9.10. The normalized spacial score (nSPS) is 20.5. The van der Waals surface area contributed by atoms with Gasteiger partial charge in [0.1, 0.15) is 11.9 Å². The Balaban J connectivity index is 1.61. The molecule has 230 valence electrons. The summed E-state index contributed by atoms with van der Waals surface area (Å²) < 4.78 is 94.3. The number of carbonyl (C=O) groups is 2. The summed E-state index contributed by atoms with van der Waals surface area (Å²) >= 11 is 0. The number of nitrogens with zero attached hydrogens (tertiary/aromatic N) is 4. The number of piperidine rings is 1. The van der Waals surface area contributed by atoms with Crippen LogP contribution in [0.1, 0.15) is 42.0 Å². The molecule has 2 aromatic carbocycles. The second kappa shape index (κ2) is 12.1. The maximum atomic E-state index is 13.9. The lowest BCUT2D eigenvalue weighted by Gasteiger charge is -2.47. The van der Waals surface area contributed by atoms with Crippen LogP contribution in [0.2, 0.25) is 0 Å². The molecule has 0 radical (unpaired) electrons. The zero-order chi connectivity index (χ0) is 31.0. The van der Waals surface area contributed by atoms with Crippen molar-refractivity contribution in [3.8, 4) is 0 Å². The Morgan fingerprint density at radius 1 is 0.905 bits per heavy atom. The molecule has 2 amide bonds. The van der Waals surface area contributed by atoms with E-state index >= 15 is 0 Å². The quantitative estimate of drug-likeness (QED) is 0.435. The molecule has 4 rings (SSSR count).